The van der Waals surface area contributed by atoms with Gasteiger partial charge in [0.25, 0.3) is 0 Å². The smallest absolute Gasteiger partial charge is 0.306 e. The first-order valence-electron chi connectivity index (χ1n) is 12.7. The molecule has 1 aromatic heterocycles. The number of fused-ring (bicyclic) bond motifs is 1. The van der Waals surface area contributed by atoms with Crippen LogP contribution in [0.4, 0.5) is 0 Å². The number of rotatable bonds is 9. The Labute approximate surface area is 220 Å². The van der Waals surface area contributed by atoms with Gasteiger partial charge in [-0.25, -0.2) is 0 Å². The van der Waals surface area contributed by atoms with E-state index in [1.54, 1.807) is 28.7 Å². The third kappa shape index (κ3) is 6.70. The maximum absolute atomic E-state index is 12.5. The largest absolute Gasteiger partial charge is 0.487 e. The fourth-order valence-electron chi connectivity index (χ4n) is 4.71. The van der Waals surface area contributed by atoms with Gasteiger partial charge < -0.3 is 9.47 Å². The van der Waals surface area contributed by atoms with Crippen molar-refractivity contribution in [3.63, 3.8) is 0 Å². The molecule has 0 amide bonds. The molecule has 0 spiro atoms. The highest BCUT2D eigenvalue weighted by Crippen LogP contribution is 2.57. The summed E-state index contributed by atoms with van der Waals surface area (Å²) in [5.74, 6) is 0.254. The maximum atomic E-state index is 12.5. The van der Waals surface area contributed by atoms with Crippen molar-refractivity contribution in [2.75, 3.05) is 13.2 Å². The lowest BCUT2D eigenvalue weighted by Gasteiger charge is -2.42. The lowest BCUT2D eigenvalue weighted by atomic mass is 9.88. The molecular formula is C29H36N2O5S. The van der Waals surface area contributed by atoms with E-state index in [4.69, 9.17) is 9.47 Å². The summed E-state index contributed by atoms with van der Waals surface area (Å²) in [6.45, 7) is 6.83. The molecule has 2 unspecified atom stereocenters. The van der Waals surface area contributed by atoms with Gasteiger partial charge in [0.05, 0.1) is 19.6 Å². The topological polar surface area (TPSA) is 92.1 Å². The summed E-state index contributed by atoms with van der Waals surface area (Å²) < 4.78 is 35.6. The fraction of sp³-hybridized carbons (Fsp3) is 0.379. The van der Waals surface area contributed by atoms with Crippen molar-refractivity contribution >= 4 is 16.7 Å². The number of benzene rings is 2. The third-order valence-corrected chi connectivity index (χ3v) is 8.63. The second-order valence-electron chi connectivity index (χ2n) is 9.51. The van der Waals surface area contributed by atoms with Crippen LogP contribution in [0.25, 0.3) is 0 Å². The summed E-state index contributed by atoms with van der Waals surface area (Å²) in [5, 5.41) is 0. The number of aryl methyl sites for hydroxylation is 2. The van der Waals surface area contributed by atoms with Gasteiger partial charge in [-0.3, -0.25) is 18.9 Å². The zero-order valence-corrected chi connectivity index (χ0v) is 22.5. The summed E-state index contributed by atoms with van der Waals surface area (Å²) in [6.07, 6.45) is 5.24. The second kappa shape index (κ2) is 12.1. The van der Waals surface area contributed by atoms with Gasteiger partial charge in [-0.15, -0.1) is 10.8 Å². The molecule has 2 N–H and O–H groups in total. The summed E-state index contributed by atoms with van der Waals surface area (Å²) in [4.78, 5) is 17.1. The van der Waals surface area contributed by atoms with E-state index < -0.39 is 10.8 Å². The van der Waals surface area contributed by atoms with E-state index in [9.17, 15) is 13.9 Å². The molecule has 8 heteroatoms. The normalized spacial score (nSPS) is 18.7. The average Bonchev–Trinajstić information content (AvgIpc) is 2.97. The van der Waals surface area contributed by atoms with E-state index in [2.05, 4.69) is 17.1 Å². The van der Waals surface area contributed by atoms with Crippen LogP contribution in [0, 0.1) is 6.92 Å². The van der Waals surface area contributed by atoms with Crippen LogP contribution in [0.15, 0.2) is 71.9 Å². The number of pyridine rings is 1. The zero-order valence-electron chi connectivity index (χ0n) is 21.7. The Hall–Kier alpha value is -2.91. The fourth-order valence-corrected chi connectivity index (χ4v) is 6.37. The van der Waals surface area contributed by atoms with Crippen molar-refractivity contribution in [1.29, 1.82) is 0 Å². The molecule has 2 atom stereocenters. The van der Waals surface area contributed by atoms with Crippen LogP contribution >= 0.6 is 10.8 Å². The Morgan fingerprint density at radius 3 is 2.78 bits per heavy atom. The number of hydrogen-bond acceptors (Lipinski definition) is 7. The minimum Gasteiger partial charge on any atom is -0.487 e. The van der Waals surface area contributed by atoms with Gasteiger partial charge in [0.15, 0.2) is 0 Å². The number of hydrogen-bond donors (Lipinski definition) is 2. The minimum absolute atomic E-state index is 0.0360. The highest BCUT2D eigenvalue weighted by molar-refractivity contribution is 8.22. The van der Waals surface area contributed by atoms with E-state index >= 15 is 0 Å². The summed E-state index contributed by atoms with van der Waals surface area (Å²) in [5.41, 5.74) is 4.19. The Bertz CT molecular complexity index is 1200. The van der Waals surface area contributed by atoms with Crippen molar-refractivity contribution < 1.29 is 23.4 Å². The summed E-state index contributed by atoms with van der Waals surface area (Å²) in [6, 6.07) is 17.3. The van der Waals surface area contributed by atoms with Crippen LogP contribution in [-0.4, -0.2) is 43.6 Å². The predicted octanol–water partition coefficient (Wildman–Crippen LogP) is 6.37. The first-order valence-corrected chi connectivity index (χ1v) is 14.2. The second-order valence-corrected chi connectivity index (χ2v) is 11.5. The number of esters is 1. The van der Waals surface area contributed by atoms with Crippen molar-refractivity contribution in [2.45, 2.75) is 63.5 Å². The highest BCUT2D eigenvalue weighted by atomic mass is 32.3. The molecule has 198 valence electrons. The number of carbonyl (C=O) groups excluding carboxylic acids is 1. The molecule has 3 aromatic rings. The summed E-state index contributed by atoms with van der Waals surface area (Å²) >= 11 is 0. The van der Waals surface area contributed by atoms with E-state index in [1.807, 2.05) is 51.2 Å². The van der Waals surface area contributed by atoms with E-state index in [1.165, 1.54) is 0 Å². The molecule has 0 saturated carbocycles. The van der Waals surface area contributed by atoms with Crippen LogP contribution in [0.3, 0.4) is 0 Å². The first-order chi connectivity index (χ1) is 17.8. The Balaban J connectivity index is 1.61. The van der Waals surface area contributed by atoms with Gasteiger partial charge in [-0.1, -0.05) is 36.4 Å². The zero-order chi connectivity index (χ0) is 26.4. The quantitative estimate of drug-likeness (QED) is 0.314. The van der Waals surface area contributed by atoms with E-state index in [0.29, 0.717) is 30.3 Å². The Morgan fingerprint density at radius 1 is 1.22 bits per heavy atom. The van der Waals surface area contributed by atoms with Crippen LogP contribution in [-0.2, 0) is 22.5 Å². The number of nitrogens with zero attached hydrogens (tertiary/aromatic N) is 2. The molecule has 0 aliphatic carbocycles. The molecule has 2 aromatic carbocycles. The van der Waals surface area contributed by atoms with Crippen LogP contribution in [0.1, 0.15) is 54.9 Å². The minimum atomic E-state index is -3.25. The number of aromatic nitrogens is 1. The van der Waals surface area contributed by atoms with Crippen LogP contribution in [0.2, 0.25) is 0 Å². The molecule has 2 heterocycles. The number of carbonyl (C=O) groups is 1. The standard InChI is InChI=1S/C29H36N2O5S/c1-4-35-29(32)17-25(14-12-23-8-7-15-30-18-23)24-13-11-21(2)26(16-24)20-31-19-22(3)36-27-9-5-6-10-28(27)37(31,33)34/h5-11,13,15-16,18,22,25,33-34H,4,12,14,17,19-20H2,1-3H3. The van der Waals surface area contributed by atoms with E-state index in [-0.39, 0.29) is 24.4 Å². The number of ether oxygens (including phenoxy) is 2. The SMILES string of the molecule is CCOC(=O)CC(CCc1cccnc1)c1ccc(C)c(CN2CC(C)Oc3ccccc3S2(O)O)c1. The third-order valence-electron chi connectivity index (χ3n) is 6.71. The highest BCUT2D eigenvalue weighted by Gasteiger charge is 2.34. The van der Waals surface area contributed by atoms with Gasteiger partial charge in [-0.05, 0) is 80.0 Å². The van der Waals surface area contributed by atoms with Crippen molar-refractivity contribution in [3.05, 3.63) is 89.2 Å². The monoisotopic (exact) mass is 524 g/mol. The lowest BCUT2D eigenvalue weighted by Crippen LogP contribution is -2.33. The van der Waals surface area contributed by atoms with Gasteiger partial charge in [0.1, 0.15) is 16.7 Å². The molecule has 1 aliphatic rings. The Morgan fingerprint density at radius 2 is 2.03 bits per heavy atom. The number of para-hydroxylation sites is 1. The maximum Gasteiger partial charge on any atom is 0.306 e. The molecule has 0 fully saturated rings. The van der Waals surface area contributed by atoms with Crippen molar-refractivity contribution in [3.8, 4) is 5.75 Å². The molecule has 0 saturated heterocycles. The summed E-state index contributed by atoms with van der Waals surface area (Å²) in [7, 11) is -3.25. The molecule has 4 rings (SSSR count). The van der Waals surface area contributed by atoms with Crippen molar-refractivity contribution in [2.24, 2.45) is 0 Å². The molecule has 1 aliphatic heterocycles. The van der Waals surface area contributed by atoms with Gasteiger partial charge in [0.2, 0.25) is 0 Å². The average molecular weight is 525 g/mol. The molecule has 37 heavy (non-hydrogen) atoms. The van der Waals surface area contributed by atoms with Crippen LogP contribution in [0.5, 0.6) is 5.75 Å². The molecule has 7 nitrogen and oxygen atoms in total. The van der Waals surface area contributed by atoms with Crippen molar-refractivity contribution in [1.82, 2.24) is 9.29 Å². The predicted molar refractivity (Wildman–Crippen MR) is 146 cm³/mol. The molecular weight excluding hydrogens is 488 g/mol. The molecule has 0 radical (unpaired) electrons. The molecule has 0 bridgehead atoms. The van der Waals surface area contributed by atoms with Gasteiger partial charge >= 0.3 is 5.97 Å². The van der Waals surface area contributed by atoms with Gasteiger partial charge in [0, 0.05) is 18.9 Å². The van der Waals surface area contributed by atoms with Gasteiger partial charge in [-0.2, -0.15) is 4.31 Å². The first kappa shape index (κ1) is 27.1. The van der Waals surface area contributed by atoms with E-state index in [0.717, 1.165) is 35.1 Å². The lowest BCUT2D eigenvalue weighted by molar-refractivity contribution is -0.143. The Kier molecular flexibility index (Phi) is 8.87. The van der Waals surface area contributed by atoms with Crippen LogP contribution < -0.4 is 4.74 Å².